The van der Waals surface area contributed by atoms with E-state index in [1.54, 1.807) is 0 Å². The van der Waals surface area contributed by atoms with Gasteiger partial charge in [0, 0.05) is 0 Å². The van der Waals surface area contributed by atoms with Gasteiger partial charge in [-0.15, -0.1) is 0 Å². The maximum atomic E-state index is 4.23. The molecule has 0 saturated carbocycles. The lowest BCUT2D eigenvalue weighted by Gasteiger charge is -2.10. The van der Waals surface area contributed by atoms with Crippen molar-refractivity contribution in [2.24, 2.45) is 0 Å². The summed E-state index contributed by atoms with van der Waals surface area (Å²) < 4.78 is 0. The molecule has 0 unspecified atom stereocenters. The Morgan fingerprint density at radius 1 is 1.00 bits per heavy atom. The highest BCUT2D eigenvalue weighted by Crippen LogP contribution is 2.28. The van der Waals surface area contributed by atoms with Crippen LogP contribution in [0.1, 0.15) is 45.7 Å². The van der Waals surface area contributed by atoms with Crippen LogP contribution in [0.25, 0.3) is 16.3 Å². The minimum absolute atomic E-state index is 0. The maximum Gasteiger partial charge on any atom is -0.00940 e. The van der Waals surface area contributed by atoms with Gasteiger partial charge < -0.3 is 0 Å². The fraction of sp³-hybridized carbons (Fsp3) is 0.273. The van der Waals surface area contributed by atoms with E-state index < -0.39 is 0 Å². The Morgan fingerprint density at radius 3 is 2.27 bits per heavy atom. The van der Waals surface area contributed by atoms with Crippen molar-refractivity contribution in [3.05, 3.63) is 78.4 Å². The fourth-order valence-electron chi connectivity index (χ4n) is 2.27. The molecule has 0 atom stereocenters. The van der Waals surface area contributed by atoms with Crippen molar-refractivity contribution in [2.75, 3.05) is 0 Å². The summed E-state index contributed by atoms with van der Waals surface area (Å²) >= 11 is 0. The summed E-state index contributed by atoms with van der Waals surface area (Å²) in [6.07, 6.45) is 9.18. The molecule has 118 valence electrons. The third kappa shape index (κ3) is 5.04. The molecule has 0 aliphatic rings. The number of fused-ring (bicyclic) bond motifs is 1. The van der Waals surface area contributed by atoms with Crippen molar-refractivity contribution in [3.8, 4) is 0 Å². The lowest BCUT2D eigenvalue weighted by atomic mass is 9.95. The molecule has 0 spiro atoms. The summed E-state index contributed by atoms with van der Waals surface area (Å²) in [5.74, 6) is 0. The minimum Gasteiger partial charge on any atom is -0.0949 e. The van der Waals surface area contributed by atoms with Crippen LogP contribution in [0, 0.1) is 6.92 Å². The molecule has 0 fully saturated rings. The summed E-state index contributed by atoms with van der Waals surface area (Å²) in [6, 6.07) is 12.9. The quantitative estimate of drug-likeness (QED) is 0.517. The van der Waals surface area contributed by atoms with E-state index >= 15 is 0 Å². The first-order valence-electron chi connectivity index (χ1n) is 7.68. The number of rotatable bonds is 4. The van der Waals surface area contributed by atoms with Crippen molar-refractivity contribution in [2.45, 2.75) is 41.5 Å². The van der Waals surface area contributed by atoms with Crippen LogP contribution in [0.3, 0.4) is 0 Å². The molecule has 0 aliphatic heterocycles. The Morgan fingerprint density at radius 2 is 1.64 bits per heavy atom. The Hall–Kier alpha value is -2.08. The van der Waals surface area contributed by atoms with E-state index in [-0.39, 0.29) is 7.43 Å². The average Bonchev–Trinajstić information content (AvgIpc) is 2.54. The predicted octanol–water partition coefficient (Wildman–Crippen LogP) is 7.35. The van der Waals surface area contributed by atoms with Crippen LogP contribution in [-0.4, -0.2) is 0 Å². The first kappa shape index (κ1) is 19.9. The molecule has 0 bridgehead atoms. The molecule has 0 aliphatic carbocycles. The predicted molar refractivity (Wildman–Crippen MR) is 104 cm³/mol. The van der Waals surface area contributed by atoms with E-state index in [0.717, 1.165) is 12.0 Å². The first-order chi connectivity index (χ1) is 10.2. The maximum absolute atomic E-state index is 4.23. The Labute approximate surface area is 136 Å². The molecule has 22 heavy (non-hydrogen) atoms. The molecule has 2 aromatic rings. The molecule has 0 aromatic heterocycles. The second kappa shape index (κ2) is 10.6. The number of hydrogen-bond acceptors (Lipinski definition) is 0. The van der Waals surface area contributed by atoms with Gasteiger partial charge >= 0.3 is 0 Å². The van der Waals surface area contributed by atoms with E-state index in [9.17, 15) is 0 Å². The molecule has 0 heterocycles. The van der Waals surface area contributed by atoms with Crippen LogP contribution in [0.15, 0.2) is 67.3 Å². The summed E-state index contributed by atoms with van der Waals surface area (Å²) in [4.78, 5) is 0. The molecular formula is C22H30. The van der Waals surface area contributed by atoms with Crippen molar-refractivity contribution in [1.29, 1.82) is 0 Å². The van der Waals surface area contributed by atoms with E-state index in [4.69, 9.17) is 0 Å². The van der Waals surface area contributed by atoms with Gasteiger partial charge in [-0.25, -0.2) is 0 Å². The SMILES string of the molecule is C.C=C(C/C=C\C=C/C)c1ccc(C)c2ccccc12.CC. The number of hydrogen-bond donors (Lipinski definition) is 0. The van der Waals surface area contributed by atoms with Crippen LogP contribution in [0.2, 0.25) is 0 Å². The lowest BCUT2D eigenvalue weighted by molar-refractivity contribution is 1.40. The average molecular weight is 294 g/mol. The summed E-state index contributed by atoms with van der Waals surface area (Å²) in [7, 11) is 0. The highest BCUT2D eigenvalue weighted by Gasteiger charge is 2.04. The Kier molecular flexibility index (Phi) is 9.61. The van der Waals surface area contributed by atoms with Gasteiger partial charge in [-0.2, -0.15) is 0 Å². The Balaban J connectivity index is 0.00000141. The third-order valence-corrected chi connectivity index (χ3v) is 3.33. The van der Waals surface area contributed by atoms with Gasteiger partial charge in [-0.05, 0) is 47.7 Å². The zero-order chi connectivity index (χ0) is 15.7. The normalized spacial score (nSPS) is 10.4. The van der Waals surface area contributed by atoms with Crippen molar-refractivity contribution >= 4 is 16.3 Å². The summed E-state index contributed by atoms with van der Waals surface area (Å²) in [6.45, 7) is 12.4. The molecule has 2 aromatic carbocycles. The zero-order valence-corrected chi connectivity index (χ0v) is 13.7. The first-order valence-corrected chi connectivity index (χ1v) is 7.68. The summed E-state index contributed by atoms with van der Waals surface area (Å²) in [5.41, 5.74) is 3.74. The van der Waals surface area contributed by atoms with Gasteiger partial charge in [0.1, 0.15) is 0 Å². The van der Waals surface area contributed by atoms with Crippen LogP contribution < -0.4 is 0 Å². The standard InChI is InChI=1S/C19H20.C2H6.CH4/c1-4-5-6-7-10-15(2)18-14-13-16(3)17-11-8-9-12-19(17)18;1-2;/h4-9,11-14H,2,10H2,1,3H3;1-2H3;1H4/b5-4-,7-6-;;. The molecule has 0 radical (unpaired) electrons. The van der Waals surface area contributed by atoms with E-state index in [0.29, 0.717) is 0 Å². The van der Waals surface area contributed by atoms with Gasteiger partial charge in [0.15, 0.2) is 0 Å². The molecule has 0 nitrogen and oxygen atoms in total. The molecule has 0 heteroatoms. The van der Waals surface area contributed by atoms with Crippen LogP contribution in [0.4, 0.5) is 0 Å². The van der Waals surface area contributed by atoms with Gasteiger partial charge in [-0.1, -0.05) is 88.6 Å². The van der Waals surface area contributed by atoms with Crippen LogP contribution in [-0.2, 0) is 0 Å². The Bertz CT molecular complexity index is 642. The number of benzene rings is 2. The van der Waals surface area contributed by atoms with Gasteiger partial charge in [-0.3, -0.25) is 0 Å². The third-order valence-electron chi connectivity index (χ3n) is 3.33. The van der Waals surface area contributed by atoms with Gasteiger partial charge in [0.05, 0.1) is 0 Å². The molecule has 0 N–H and O–H groups in total. The van der Waals surface area contributed by atoms with Gasteiger partial charge in [0.25, 0.3) is 0 Å². The van der Waals surface area contributed by atoms with E-state index in [2.05, 4.69) is 62.1 Å². The van der Waals surface area contributed by atoms with E-state index in [1.165, 1.54) is 21.9 Å². The molecule has 0 amide bonds. The zero-order valence-electron chi connectivity index (χ0n) is 13.7. The van der Waals surface area contributed by atoms with Gasteiger partial charge in [0.2, 0.25) is 0 Å². The second-order valence-electron chi connectivity index (χ2n) is 4.74. The molecular weight excluding hydrogens is 264 g/mol. The second-order valence-corrected chi connectivity index (χ2v) is 4.74. The van der Waals surface area contributed by atoms with Crippen molar-refractivity contribution in [3.63, 3.8) is 0 Å². The lowest BCUT2D eigenvalue weighted by Crippen LogP contribution is -1.87. The minimum atomic E-state index is 0. The smallest absolute Gasteiger partial charge is 0.00940 e. The summed E-state index contributed by atoms with van der Waals surface area (Å²) in [5, 5.41) is 2.62. The highest BCUT2D eigenvalue weighted by atomic mass is 14.1. The molecule has 0 saturated heterocycles. The van der Waals surface area contributed by atoms with Crippen LogP contribution in [0.5, 0.6) is 0 Å². The highest BCUT2D eigenvalue weighted by molar-refractivity contribution is 5.95. The largest absolute Gasteiger partial charge is 0.0949 e. The van der Waals surface area contributed by atoms with Crippen LogP contribution >= 0.6 is 0 Å². The van der Waals surface area contributed by atoms with Crippen molar-refractivity contribution in [1.82, 2.24) is 0 Å². The topological polar surface area (TPSA) is 0 Å². The fourth-order valence-corrected chi connectivity index (χ4v) is 2.27. The van der Waals surface area contributed by atoms with Crippen molar-refractivity contribution < 1.29 is 0 Å². The number of allylic oxidation sites excluding steroid dienone is 5. The van der Waals surface area contributed by atoms with E-state index in [1.807, 2.05) is 32.9 Å². The molecule has 2 rings (SSSR count). The number of aryl methyl sites for hydroxylation is 1. The monoisotopic (exact) mass is 294 g/mol.